The van der Waals surface area contributed by atoms with Crippen LogP contribution in [-0.4, -0.2) is 148 Å². The van der Waals surface area contributed by atoms with Crippen LogP contribution in [0.4, 0.5) is 17.3 Å². The van der Waals surface area contributed by atoms with Crippen molar-refractivity contribution in [1.29, 1.82) is 0 Å². The van der Waals surface area contributed by atoms with E-state index in [2.05, 4.69) is 64.3 Å². The van der Waals surface area contributed by atoms with Crippen LogP contribution in [0.15, 0.2) is 95.9 Å². The zero-order chi connectivity index (χ0) is 56.5. The number of aliphatic hydroxyl groups excluding tert-OH is 1. The minimum Gasteiger partial charge on any atom is -0.391 e. The fraction of sp³-hybridized carbons (Fsp3) is 0.500. The zero-order valence-corrected chi connectivity index (χ0v) is 47.8. The van der Waals surface area contributed by atoms with Crippen LogP contribution in [-0.2, 0) is 33.1 Å². The standard InChI is InChI=1S/C60H77N13O6S/c1-8-26-72-56(77)47-35-62-58(67-53(47)73(72)50-11-9-10-49(66-50)60(6,7)79)65-42-18-22-44(23-19-42)69-29-31-70(32-30-69)45-24-27-68(28-25-45)43-20-16-41(17-21-43)64-55(76)51(59(3,4)5)57(78)71-36-46(74)33-48(71)54(75)61-34-39-12-14-40(15-13-39)52-38(2)63-37-80-52/h8-15,18-19,22-23,35,37,41,43,45-46,48,51,74,79H,1,16-17,20-21,24-34,36H2,2-7H3,(H,61,75)(H,64,76)(H,62,65,67)/t41?,43?,46-,48+,51+/m1/s1. The minimum absolute atomic E-state index is 0.00644. The van der Waals surface area contributed by atoms with Gasteiger partial charge in [0.15, 0.2) is 11.5 Å². The van der Waals surface area contributed by atoms with Crippen LogP contribution in [0.5, 0.6) is 0 Å². The second-order valence-electron chi connectivity index (χ2n) is 23.7. The van der Waals surface area contributed by atoms with Crippen molar-refractivity contribution in [2.45, 2.75) is 135 Å². The zero-order valence-electron chi connectivity index (χ0n) is 47.0. The maximum absolute atomic E-state index is 14.4. The number of nitrogens with one attached hydrogen (secondary N) is 3. The summed E-state index contributed by atoms with van der Waals surface area (Å²) in [5.74, 6) is -1.31. The van der Waals surface area contributed by atoms with Gasteiger partial charge in [-0.1, -0.05) is 57.2 Å². The van der Waals surface area contributed by atoms with Crippen LogP contribution >= 0.6 is 11.3 Å². The monoisotopic (exact) mass is 1110 g/mol. The van der Waals surface area contributed by atoms with Gasteiger partial charge in [-0.3, -0.25) is 24.1 Å². The lowest BCUT2D eigenvalue weighted by atomic mass is 9.78. The van der Waals surface area contributed by atoms with Gasteiger partial charge < -0.3 is 40.9 Å². The Balaban J connectivity index is 0.669. The maximum atomic E-state index is 14.4. The van der Waals surface area contributed by atoms with Crippen molar-refractivity contribution in [3.05, 3.63) is 118 Å². The number of likely N-dealkylation sites (tertiary alicyclic amines) is 2. The molecular formula is C60H77N13O6S. The highest BCUT2D eigenvalue weighted by Crippen LogP contribution is 2.34. The number of pyridine rings is 1. The van der Waals surface area contributed by atoms with E-state index in [1.165, 1.54) is 15.8 Å². The van der Waals surface area contributed by atoms with Crippen LogP contribution < -0.4 is 26.4 Å². The summed E-state index contributed by atoms with van der Waals surface area (Å²) in [4.78, 5) is 84.3. The molecule has 0 bridgehead atoms. The van der Waals surface area contributed by atoms with E-state index in [-0.39, 0.29) is 49.5 Å². The van der Waals surface area contributed by atoms with Crippen molar-refractivity contribution in [3.63, 3.8) is 0 Å². The number of nitrogens with zero attached hydrogens (tertiary/aromatic N) is 10. The van der Waals surface area contributed by atoms with E-state index in [0.717, 1.165) is 111 Å². The molecule has 2 aromatic carbocycles. The number of carbonyl (C=O) groups excluding carboxylic acids is 3. The molecule has 3 amide bonds. The fourth-order valence-electron chi connectivity index (χ4n) is 12.2. The Kier molecular flexibility index (Phi) is 16.7. The molecular weight excluding hydrogens is 1030 g/mol. The van der Waals surface area contributed by atoms with E-state index in [1.807, 2.05) is 69.6 Å². The lowest BCUT2D eigenvalue weighted by molar-refractivity contribution is -0.150. The van der Waals surface area contributed by atoms with Crippen LogP contribution in [0.25, 0.3) is 27.3 Å². The van der Waals surface area contributed by atoms with Crippen LogP contribution in [0.2, 0.25) is 0 Å². The number of benzene rings is 2. The van der Waals surface area contributed by atoms with Crippen molar-refractivity contribution in [2.75, 3.05) is 56.0 Å². The van der Waals surface area contributed by atoms with Gasteiger partial charge in [-0.2, -0.15) is 4.98 Å². The van der Waals surface area contributed by atoms with Gasteiger partial charge in [-0.15, -0.1) is 17.9 Å². The quantitative estimate of drug-likeness (QED) is 0.0515. The molecule has 0 radical (unpaired) electrons. The SMILES string of the molecule is C=CCn1c(=O)c2cnc(Nc3ccc(N4CCN(C5CCN(C6CCC(NC(=O)[C@@H](C(=O)N7C[C@H](O)C[C@H]7C(=O)NCc7ccc(-c8scnc8C)cc7)C(C)(C)C)CC6)CC5)CC4)cc3)nc2n1-c1cccc(C(C)(C)O)n1. The lowest BCUT2D eigenvalue weighted by Gasteiger charge is -2.46. The number of aromatic nitrogens is 6. The van der Waals surface area contributed by atoms with E-state index in [4.69, 9.17) is 4.98 Å². The third kappa shape index (κ3) is 12.4. The maximum Gasteiger partial charge on any atom is 0.278 e. The Hall–Kier alpha value is -6.84. The Morgan fingerprint density at radius 3 is 2.19 bits per heavy atom. The summed E-state index contributed by atoms with van der Waals surface area (Å²) in [5, 5.41) is 31.3. The van der Waals surface area contributed by atoms with Gasteiger partial charge in [-0.05, 0) is 125 Å². The number of fused-ring (bicyclic) bond motifs is 1. The largest absolute Gasteiger partial charge is 0.391 e. The van der Waals surface area contributed by atoms with E-state index in [9.17, 15) is 29.4 Å². The number of anilines is 3. The predicted molar refractivity (Wildman–Crippen MR) is 312 cm³/mol. The molecule has 424 valence electrons. The number of piperazine rings is 1. The van der Waals surface area contributed by atoms with Crippen molar-refractivity contribution < 1.29 is 24.6 Å². The molecule has 19 nitrogen and oxygen atoms in total. The molecule has 4 fully saturated rings. The van der Waals surface area contributed by atoms with Crippen molar-refractivity contribution in [1.82, 2.24) is 54.6 Å². The average Bonchev–Trinajstić information content (AvgIpc) is 4.21. The minimum atomic E-state index is -1.18. The summed E-state index contributed by atoms with van der Waals surface area (Å²) in [6.07, 6.45) is 8.35. The van der Waals surface area contributed by atoms with Gasteiger partial charge in [0, 0.05) is 81.4 Å². The number of carbonyl (C=O) groups is 3. The molecule has 10 rings (SSSR count). The van der Waals surface area contributed by atoms with Crippen LogP contribution in [0, 0.1) is 18.3 Å². The molecule has 80 heavy (non-hydrogen) atoms. The highest BCUT2D eigenvalue weighted by Gasteiger charge is 2.47. The van der Waals surface area contributed by atoms with Gasteiger partial charge in [0.1, 0.15) is 22.9 Å². The first-order valence-electron chi connectivity index (χ1n) is 28.3. The van der Waals surface area contributed by atoms with Crippen molar-refractivity contribution in [2.24, 2.45) is 11.3 Å². The summed E-state index contributed by atoms with van der Waals surface area (Å²) in [6, 6.07) is 21.7. The molecule has 0 unspecified atom stereocenters. The van der Waals surface area contributed by atoms with Crippen molar-refractivity contribution >= 4 is 57.4 Å². The summed E-state index contributed by atoms with van der Waals surface area (Å²) < 4.78 is 3.16. The molecule has 3 aliphatic heterocycles. The van der Waals surface area contributed by atoms with Gasteiger partial charge in [-0.25, -0.2) is 24.3 Å². The predicted octanol–water partition coefficient (Wildman–Crippen LogP) is 6.52. The molecule has 1 saturated carbocycles. The number of β-amino-alcohol motifs (C(OH)–C–C–N with tert-alkyl or cyclic N) is 1. The number of amides is 3. The highest BCUT2D eigenvalue weighted by molar-refractivity contribution is 7.13. The molecule has 4 aromatic heterocycles. The van der Waals surface area contributed by atoms with Gasteiger partial charge in [0.25, 0.3) is 5.56 Å². The van der Waals surface area contributed by atoms with Crippen LogP contribution in [0.3, 0.4) is 0 Å². The number of allylic oxidation sites excluding steroid dienone is 1. The molecule has 1 aliphatic carbocycles. The number of piperidine rings is 1. The fourth-order valence-corrected chi connectivity index (χ4v) is 13.0. The topological polar surface area (TPSA) is 219 Å². The summed E-state index contributed by atoms with van der Waals surface area (Å²) >= 11 is 1.59. The highest BCUT2D eigenvalue weighted by atomic mass is 32.1. The normalized spacial score (nSPS) is 21.1. The second kappa shape index (κ2) is 23.7. The smallest absolute Gasteiger partial charge is 0.278 e. The number of hydrogen-bond acceptors (Lipinski definition) is 15. The Morgan fingerprint density at radius 1 is 0.850 bits per heavy atom. The Morgan fingerprint density at radius 2 is 1.54 bits per heavy atom. The molecule has 7 heterocycles. The number of aryl methyl sites for hydroxylation is 1. The third-order valence-corrected chi connectivity index (χ3v) is 17.6. The van der Waals surface area contributed by atoms with E-state index < -0.39 is 35.0 Å². The first-order valence-corrected chi connectivity index (χ1v) is 29.2. The first kappa shape index (κ1) is 56.4. The Bertz CT molecular complexity index is 3230. The summed E-state index contributed by atoms with van der Waals surface area (Å²) in [7, 11) is 0. The van der Waals surface area contributed by atoms with Gasteiger partial charge in [0.05, 0.1) is 34.4 Å². The summed E-state index contributed by atoms with van der Waals surface area (Å²) in [6.45, 7) is 21.3. The number of hydrogen-bond donors (Lipinski definition) is 5. The van der Waals surface area contributed by atoms with Crippen molar-refractivity contribution in [3.8, 4) is 16.3 Å². The van der Waals surface area contributed by atoms with Crippen LogP contribution in [0.1, 0.15) is 96.5 Å². The number of aliphatic hydroxyl groups is 2. The molecule has 4 aliphatic rings. The average molecular weight is 1110 g/mol. The van der Waals surface area contributed by atoms with Gasteiger partial charge in [0.2, 0.25) is 23.7 Å². The molecule has 20 heteroatoms. The van der Waals surface area contributed by atoms with E-state index in [1.54, 1.807) is 54.1 Å². The second-order valence-corrected chi connectivity index (χ2v) is 24.6. The molecule has 3 saturated heterocycles. The first-order chi connectivity index (χ1) is 38.3. The third-order valence-electron chi connectivity index (χ3n) is 16.6. The summed E-state index contributed by atoms with van der Waals surface area (Å²) in [5.41, 5.74) is 5.44. The molecule has 3 atom stereocenters. The van der Waals surface area contributed by atoms with E-state index >= 15 is 0 Å². The number of rotatable bonds is 16. The molecule has 0 spiro atoms. The Labute approximate surface area is 472 Å². The molecule has 5 N–H and O–H groups in total. The molecule has 6 aromatic rings. The van der Waals surface area contributed by atoms with E-state index in [0.29, 0.717) is 40.6 Å². The van der Waals surface area contributed by atoms with Gasteiger partial charge >= 0.3 is 0 Å². The lowest BCUT2D eigenvalue weighted by Crippen LogP contribution is -2.56. The number of thiazole rings is 1.